The van der Waals surface area contributed by atoms with E-state index in [1.54, 1.807) is 24.3 Å². The lowest BCUT2D eigenvalue weighted by Crippen LogP contribution is -2.16. The molecule has 0 atom stereocenters. The van der Waals surface area contributed by atoms with Gasteiger partial charge >= 0.3 is 0 Å². The number of anilines is 2. The molecule has 3 N–H and O–H groups in total. The van der Waals surface area contributed by atoms with Crippen LogP contribution in [-0.2, 0) is 15.8 Å². The van der Waals surface area contributed by atoms with Crippen molar-refractivity contribution in [2.75, 3.05) is 10.5 Å². The van der Waals surface area contributed by atoms with Gasteiger partial charge in [0.15, 0.2) is 0 Å². The van der Waals surface area contributed by atoms with Crippen molar-refractivity contribution in [1.82, 2.24) is 0 Å². The fraction of sp³-hybridized carbons (Fsp3) is 0.0769. The molecule has 4 nitrogen and oxygen atoms in total. The molecule has 0 saturated carbocycles. The zero-order chi connectivity index (χ0) is 13.9. The number of hydrogen-bond acceptors (Lipinski definition) is 3. The van der Waals surface area contributed by atoms with E-state index in [1.807, 2.05) is 0 Å². The van der Waals surface area contributed by atoms with Crippen LogP contribution in [-0.4, -0.2) is 8.42 Å². The topological polar surface area (TPSA) is 72.2 Å². The zero-order valence-corrected chi connectivity index (χ0v) is 10.8. The Kier molecular flexibility index (Phi) is 3.71. The summed E-state index contributed by atoms with van der Waals surface area (Å²) in [6.07, 6.45) is 0. The first-order valence-corrected chi connectivity index (χ1v) is 7.21. The minimum Gasteiger partial charge on any atom is -0.398 e. The average molecular weight is 280 g/mol. The summed E-state index contributed by atoms with van der Waals surface area (Å²) in [5.74, 6) is -0.754. The average Bonchev–Trinajstić information content (AvgIpc) is 2.31. The van der Waals surface area contributed by atoms with Gasteiger partial charge in [0.2, 0.25) is 10.0 Å². The minimum atomic E-state index is -3.62. The standard InChI is InChI=1S/C13H13FN2O2S/c14-11-5-3-6-12(8-11)16-19(17,18)9-10-4-1-2-7-13(10)15/h1-8,16H,9,15H2. The van der Waals surface area contributed by atoms with Crippen LogP contribution in [0.1, 0.15) is 5.56 Å². The maximum absolute atomic E-state index is 13.0. The van der Waals surface area contributed by atoms with Crippen LogP contribution in [0, 0.1) is 5.82 Å². The van der Waals surface area contributed by atoms with Crippen molar-refractivity contribution in [3.05, 3.63) is 59.9 Å². The van der Waals surface area contributed by atoms with Gasteiger partial charge in [-0.15, -0.1) is 0 Å². The third kappa shape index (κ3) is 3.69. The Morgan fingerprint density at radius 2 is 1.84 bits per heavy atom. The van der Waals surface area contributed by atoms with Crippen molar-refractivity contribution in [1.29, 1.82) is 0 Å². The molecule has 0 fully saturated rings. The number of para-hydroxylation sites is 1. The van der Waals surface area contributed by atoms with Gasteiger partial charge in [-0.2, -0.15) is 0 Å². The highest BCUT2D eigenvalue weighted by Gasteiger charge is 2.13. The molecule has 0 saturated heterocycles. The number of nitrogen functional groups attached to an aromatic ring is 1. The van der Waals surface area contributed by atoms with Gasteiger partial charge in [-0.25, -0.2) is 12.8 Å². The van der Waals surface area contributed by atoms with Gasteiger partial charge in [0.05, 0.1) is 11.4 Å². The Labute approximate surface area is 111 Å². The second-order valence-corrected chi connectivity index (χ2v) is 5.79. The lowest BCUT2D eigenvalue weighted by Gasteiger charge is -2.09. The number of hydrogen-bond donors (Lipinski definition) is 2. The van der Waals surface area contributed by atoms with Crippen molar-refractivity contribution in [3.63, 3.8) is 0 Å². The summed E-state index contributed by atoms with van der Waals surface area (Å²) < 4.78 is 39.2. The molecule has 0 unspecified atom stereocenters. The summed E-state index contributed by atoms with van der Waals surface area (Å²) in [4.78, 5) is 0. The molecular formula is C13H13FN2O2S. The highest BCUT2D eigenvalue weighted by molar-refractivity contribution is 7.91. The summed E-state index contributed by atoms with van der Waals surface area (Å²) in [6, 6.07) is 12.0. The SMILES string of the molecule is Nc1ccccc1CS(=O)(=O)Nc1cccc(F)c1. The van der Waals surface area contributed by atoms with Crippen molar-refractivity contribution in [2.45, 2.75) is 5.75 Å². The van der Waals surface area contributed by atoms with Crippen molar-refractivity contribution >= 4 is 21.4 Å². The number of nitrogens with two attached hydrogens (primary N) is 1. The van der Waals surface area contributed by atoms with Gasteiger partial charge in [-0.05, 0) is 29.8 Å². The van der Waals surface area contributed by atoms with Crippen molar-refractivity contribution in [3.8, 4) is 0 Å². The summed E-state index contributed by atoms with van der Waals surface area (Å²) in [5, 5.41) is 0. The molecule has 2 aromatic carbocycles. The Morgan fingerprint density at radius 1 is 1.11 bits per heavy atom. The molecule has 0 aliphatic carbocycles. The molecular weight excluding hydrogens is 267 g/mol. The molecule has 0 aliphatic heterocycles. The van der Waals surface area contributed by atoms with Crippen LogP contribution in [0.3, 0.4) is 0 Å². The summed E-state index contributed by atoms with van der Waals surface area (Å²) in [7, 11) is -3.62. The Bertz CT molecular complexity index is 687. The first kappa shape index (κ1) is 13.4. The van der Waals surface area contributed by atoms with E-state index in [0.29, 0.717) is 11.3 Å². The van der Waals surface area contributed by atoms with Crippen LogP contribution in [0.15, 0.2) is 48.5 Å². The van der Waals surface area contributed by atoms with E-state index in [2.05, 4.69) is 4.72 Å². The maximum Gasteiger partial charge on any atom is 0.236 e. The Hall–Kier alpha value is -2.08. The quantitative estimate of drug-likeness (QED) is 0.844. The number of sulfonamides is 1. The first-order chi connectivity index (χ1) is 8.96. The Balaban J connectivity index is 2.18. The summed E-state index contributed by atoms with van der Waals surface area (Å²) >= 11 is 0. The van der Waals surface area contributed by atoms with E-state index in [9.17, 15) is 12.8 Å². The van der Waals surface area contributed by atoms with Crippen LogP contribution in [0.2, 0.25) is 0 Å². The maximum atomic E-state index is 13.0. The van der Waals surface area contributed by atoms with Gasteiger partial charge in [0.1, 0.15) is 5.82 Å². The lowest BCUT2D eigenvalue weighted by molar-refractivity contribution is 0.600. The molecule has 19 heavy (non-hydrogen) atoms. The van der Waals surface area contributed by atoms with E-state index in [4.69, 9.17) is 5.73 Å². The lowest BCUT2D eigenvalue weighted by atomic mass is 10.2. The molecule has 2 rings (SSSR count). The normalized spacial score (nSPS) is 11.2. The third-order valence-corrected chi connectivity index (χ3v) is 3.74. The van der Waals surface area contributed by atoms with Crippen LogP contribution in [0.25, 0.3) is 0 Å². The van der Waals surface area contributed by atoms with Crippen molar-refractivity contribution in [2.24, 2.45) is 0 Å². The van der Waals surface area contributed by atoms with E-state index in [0.717, 1.165) is 6.07 Å². The summed E-state index contributed by atoms with van der Waals surface area (Å²) in [6.45, 7) is 0. The van der Waals surface area contributed by atoms with E-state index in [1.165, 1.54) is 18.2 Å². The molecule has 100 valence electrons. The largest absolute Gasteiger partial charge is 0.398 e. The molecule has 2 aromatic rings. The number of benzene rings is 2. The van der Waals surface area contributed by atoms with Crippen LogP contribution in [0.4, 0.5) is 15.8 Å². The first-order valence-electron chi connectivity index (χ1n) is 5.56. The molecule has 6 heteroatoms. The highest BCUT2D eigenvalue weighted by Crippen LogP contribution is 2.17. The number of nitrogens with one attached hydrogen (secondary N) is 1. The predicted molar refractivity (Wildman–Crippen MR) is 73.5 cm³/mol. The van der Waals surface area contributed by atoms with E-state index >= 15 is 0 Å². The molecule has 0 aromatic heterocycles. The molecule has 0 spiro atoms. The molecule has 0 bridgehead atoms. The van der Waals surface area contributed by atoms with Crippen LogP contribution in [0.5, 0.6) is 0 Å². The summed E-state index contributed by atoms with van der Waals surface area (Å²) in [5.41, 5.74) is 6.80. The predicted octanol–water partition coefficient (Wildman–Crippen LogP) is 2.35. The van der Waals surface area contributed by atoms with Gasteiger partial charge in [0.25, 0.3) is 0 Å². The second kappa shape index (κ2) is 5.27. The molecule has 0 heterocycles. The fourth-order valence-electron chi connectivity index (χ4n) is 1.64. The third-order valence-electron chi connectivity index (χ3n) is 2.50. The van der Waals surface area contributed by atoms with E-state index in [-0.39, 0.29) is 11.4 Å². The Morgan fingerprint density at radius 3 is 2.53 bits per heavy atom. The van der Waals surface area contributed by atoms with Gasteiger partial charge in [-0.1, -0.05) is 24.3 Å². The van der Waals surface area contributed by atoms with E-state index < -0.39 is 15.8 Å². The molecule has 0 amide bonds. The van der Waals surface area contributed by atoms with Crippen LogP contribution >= 0.6 is 0 Å². The molecule has 0 aliphatic rings. The van der Waals surface area contributed by atoms with Gasteiger partial charge in [0, 0.05) is 5.69 Å². The van der Waals surface area contributed by atoms with Crippen LogP contribution < -0.4 is 10.5 Å². The second-order valence-electron chi connectivity index (χ2n) is 4.07. The zero-order valence-electron chi connectivity index (χ0n) is 10.0. The fourth-order valence-corrected chi connectivity index (χ4v) is 2.87. The van der Waals surface area contributed by atoms with Crippen molar-refractivity contribution < 1.29 is 12.8 Å². The van der Waals surface area contributed by atoms with Gasteiger partial charge < -0.3 is 5.73 Å². The highest BCUT2D eigenvalue weighted by atomic mass is 32.2. The van der Waals surface area contributed by atoms with Gasteiger partial charge in [-0.3, -0.25) is 4.72 Å². The number of halogens is 1. The monoisotopic (exact) mass is 280 g/mol. The molecule has 0 radical (unpaired) electrons. The smallest absolute Gasteiger partial charge is 0.236 e. The number of rotatable bonds is 4. The minimum absolute atomic E-state index is 0.189.